The number of hydrogen-bond donors (Lipinski definition) is 2. The molecule has 2 fully saturated rings. The summed E-state index contributed by atoms with van der Waals surface area (Å²) < 4.78 is 0. The van der Waals surface area contributed by atoms with Crippen LogP contribution in [0, 0.1) is 11.8 Å². The molecule has 1 saturated carbocycles. The van der Waals surface area contributed by atoms with E-state index in [9.17, 15) is 14.7 Å². The number of carbonyl (C=O) groups is 2. The van der Waals surface area contributed by atoms with Crippen molar-refractivity contribution in [3.63, 3.8) is 0 Å². The Kier molecular flexibility index (Phi) is 6.19. The Morgan fingerprint density at radius 3 is 2.34 bits per heavy atom. The van der Waals surface area contributed by atoms with E-state index in [4.69, 9.17) is 23.2 Å². The van der Waals surface area contributed by atoms with Crippen LogP contribution in [0.4, 0.5) is 0 Å². The van der Waals surface area contributed by atoms with Crippen molar-refractivity contribution >= 4 is 46.4 Å². The van der Waals surface area contributed by atoms with Crippen LogP contribution in [0.3, 0.4) is 0 Å². The molecule has 2 unspecified atom stereocenters. The number of carboxylic acids is 1. The normalized spacial score (nSPS) is 21.2. The third-order valence-electron chi connectivity index (χ3n) is 6.20. The minimum Gasteiger partial charge on any atom is -0.477 e. The molecular weight excluding hydrogens is 429 g/mol. The van der Waals surface area contributed by atoms with Gasteiger partial charge in [-0.05, 0) is 60.6 Å². The van der Waals surface area contributed by atoms with Gasteiger partial charge in [0.25, 0.3) is 0 Å². The molecule has 2 atom stereocenters. The van der Waals surface area contributed by atoms with Gasteiger partial charge < -0.3 is 10.4 Å². The van der Waals surface area contributed by atoms with E-state index < -0.39 is 5.97 Å². The van der Waals surface area contributed by atoms with Crippen molar-refractivity contribution in [3.05, 3.63) is 44.8 Å². The van der Waals surface area contributed by atoms with Crippen molar-refractivity contribution in [1.82, 2.24) is 5.32 Å². The number of rotatable bonds is 5. The Morgan fingerprint density at radius 1 is 1.10 bits per heavy atom. The van der Waals surface area contributed by atoms with Crippen LogP contribution >= 0.6 is 34.5 Å². The van der Waals surface area contributed by atoms with Crippen LogP contribution in [0.15, 0.2) is 24.3 Å². The Morgan fingerprint density at radius 2 is 1.79 bits per heavy atom. The SMILES string of the molecule is O=C(O)c1ccc(-c2cc(Cl)c(C(C3CCCCC3)C3CCNC3=O)c(Cl)c2)s1. The second-order valence-electron chi connectivity index (χ2n) is 7.93. The fourth-order valence-corrected chi connectivity index (χ4v) is 6.44. The summed E-state index contributed by atoms with van der Waals surface area (Å²) in [6, 6.07) is 7.09. The summed E-state index contributed by atoms with van der Waals surface area (Å²) in [6.07, 6.45) is 6.59. The Hall–Kier alpha value is -1.56. The molecule has 154 valence electrons. The van der Waals surface area contributed by atoms with Crippen LogP contribution in [-0.4, -0.2) is 23.5 Å². The summed E-state index contributed by atoms with van der Waals surface area (Å²) in [5.74, 6) is -0.524. The van der Waals surface area contributed by atoms with Crippen LogP contribution in [-0.2, 0) is 4.79 Å². The van der Waals surface area contributed by atoms with Crippen molar-refractivity contribution in [2.24, 2.45) is 11.8 Å². The van der Waals surface area contributed by atoms with E-state index in [2.05, 4.69) is 5.32 Å². The number of carbonyl (C=O) groups excluding carboxylic acids is 1. The lowest BCUT2D eigenvalue weighted by Crippen LogP contribution is -2.30. The smallest absolute Gasteiger partial charge is 0.345 e. The van der Waals surface area contributed by atoms with Crippen molar-refractivity contribution in [1.29, 1.82) is 0 Å². The van der Waals surface area contributed by atoms with Gasteiger partial charge in [-0.25, -0.2) is 4.79 Å². The zero-order chi connectivity index (χ0) is 20.5. The highest BCUT2D eigenvalue weighted by molar-refractivity contribution is 7.17. The molecule has 2 heterocycles. The Labute approximate surface area is 184 Å². The quantitative estimate of drug-likeness (QED) is 0.566. The molecule has 4 rings (SSSR count). The monoisotopic (exact) mass is 451 g/mol. The van der Waals surface area contributed by atoms with E-state index in [-0.39, 0.29) is 22.6 Å². The molecule has 2 aliphatic rings. The van der Waals surface area contributed by atoms with E-state index in [0.29, 0.717) is 22.5 Å². The van der Waals surface area contributed by atoms with Crippen molar-refractivity contribution < 1.29 is 14.7 Å². The minimum absolute atomic E-state index is 0.0183. The third-order valence-corrected chi connectivity index (χ3v) is 7.94. The fraction of sp³-hybridized carbons (Fsp3) is 0.455. The average molecular weight is 452 g/mol. The molecule has 1 aliphatic carbocycles. The van der Waals surface area contributed by atoms with Gasteiger partial charge in [-0.3, -0.25) is 4.79 Å². The number of carboxylic acid groups (broad SMARTS) is 1. The zero-order valence-corrected chi connectivity index (χ0v) is 18.2. The lowest BCUT2D eigenvalue weighted by atomic mass is 9.70. The molecule has 1 aromatic heterocycles. The number of halogens is 2. The van der Waals surface area contributed by atoms with Crippen LogP contribution in [0.1, 0.15) is 59.7 Å². The largest absolute Gasteiger partial charge is 0.477 e. The van der Waals surface area contributed by atoms with Crippen molar-refractivity contribution in [3.8, 4) is 10.4 Å². The molecule has 1 saturated heterocycles. The number of aromatic carboxylic acids is 1. The zero-order valence-electron chi connectivity index (χ0n) is 15.9. The van der Waals surface area contributed by atoms with Crippen molar-refractivity contribution in [2.75, 3.05) is 6.54 Å². The molecular formula is C22H23Cl2NO3S. The van der Waals surface area contributed by atoms with E-state index in [1.807, 2.05) is 12.1 Å². The molecule has 7 heteroatoms. The lowest BCUT2D eigenvalue weighted by Gasteiger charge is -2.34. The van der Waals surface area contributed by atoms with Gasteiger partial charge in [-0.1, -0.05) is 42.5 Å². The van der Waals surface area contributed by atoms with Gasteiger partial charge in [0.05, 0.1) is 0 Å². The predicted octanol–water partition coefficient (Wildman–Crippen LogP) is 6.22. The van der Waals surface area contributed by atoms with Gasteiger partial charge >= 0.3 is 5.97 Å². The average Bonchev–Trinajstić information content (AvgIpc) is 3.35. The van der Waals surface area contributed by atoms with Crippen molar-refractivity contribution in [2.45, 2.75) is 44.4 Å². The standard InChI is InChI=1S/C22H23Cl2NO3S/c23-15-10-13(17-6-7-18(29-17)22(27)28)11-16(24)20(15)19(12-4-2-1-3-5-12)14-8-9-25-21(14)26/h6-7,10-12,14,19H,1-5,8-9H2,(H,25,26)(H,27,28). The highest BCUT2D eigenvalue weighted by Crippen LogP contribution is 2.48. The van der Waals surface area contributed by atoms with E-state index >= 15 is 0 Å². The number of hydrogen-bond acceptors (Lipinski definition) is 3. The first-order valence-electron chi connectivity index (χ1n) is 10.1. The lowest BCUT2D eigenvalue weighted by molar-refractivity contribution is -0.123. The molecule has 4 nitrogen and oxygen atoms in total. The number of benzene rings is 1. The first kappa shape index (κ1) is 20.7. The van der Waals surface area contributed by atoms with Gasteiger partial charge in [0.2, 0.25) is 5.91 Å². The molecule has 2 aromatic rings. The molecule has 0 spiro atoms. The molecule has 0 radical (unpaired) electrons. The first-order valence-corrected chi connectivity index (χ1v) is 11.6. The molecule has 1 aromatic carbocycles. The summed E-state index contributed by atoms with van der Waals surface area (Å²) in [5.41, 5.74) is 1.68. The van der Waals surface area contributed by atoms with Gasteiger partial charge in [-0.15, -0.1) is 11.3 Å². The minimum atomic E-state index is -0.945. The van der Waals surface area contributed by atoms with Gasteiger partial charge in [-0.2, -0.15) is 0 Å². The van der Waals surface area contributed by atoms with Crippen LogP contribution in [0.5, 0.6) is 0 Å². The summed E-state index contributed by atoms with van der Waals surface area (Å²) in [5, 5.41) is 13.3. The number of nitrogens with one attached hydrogen (secondary N) is 1. The third kappa shape index (κ3) is 4.18. The fourth-order valence-electron chi connectivity index (χ4n) is 4.87. The maximum absolute atomic E-state index is 12.6. The van der Waals surface area contributed by atoms with Crippen LogP contribution in [0.2, 0.25) is 10.0 Å². The topological polar surface area (TPSA) is 66.4 Å². The highest BCUT2D eigenvalue weighted by Gasteiger charge is 2.40. The van der Waals surface area contributed by atoms with Gasteiger partial charge in [0.1, 0.15) is 4.88 Å². The second-order valence-corrected chi connectivity index (χ2v) is 9.83. The van der Waals surface area contributed by atoms with Gasteiger partial charge in [0, 0.05) is 33.3 Å². The summed E-state index contributed by atoms with van der Waals surface area (Å²) in [6.45, 7) is 0.702. The highest BCUT2D eigenvalue weighted by atomic mass is 35.5. The Bertz CT molecular complexity index is 913. The van der Waals surface area contributed by atoms with E-state index in [1.54, 1.807) is 12.1 Å². The van der Waals surface area contributed by atoms with E-state index in [1.165, 1.54) is 30.6 Å². The summed E-state index contributed by atoms with van der Waals surface area (Å²) in [4.78, 5) is 24.8. The van der Waals surface area contributed by atoms with Crippen LogP contribution in [0.25, 0.3) is 10.4 Å². The summed E-state index contributed by atoms with van der Waals surface area (Å²) in [7, 11) is 0. The molecule has 1 amide bonds. The summed E-state index contributed by atoms with van der Waals surface area (Å²) >= 11 is 14.7. The molecule has 2 N–H and O–H groups in total. The molecule has 29 heavy (non-hydrogen) atoms. The molecule has 1 aliphatic heterocycles. The molecule has 0 bridgehead atoms. The maximum Gasteiger partial charge on any atom is 0.345 e. The van der Waals surface area contributed by atoms with E-state index in [0.717, 1.165) is 35.3 Å². The first-order chi connectivity index (χ1) is 14.0. The number of amides is 1. The van der Waals surface area contributed by atoms with Crippen LogP contribution < -0.4 is 5.32 Å². The predicted molar refractivity (Wildman–Crippen MR) is 117 cm³/mol. The van der Waals surface area contributed by atoms with Gasteiger partial charge in [0.15, 0.2) is 0 Å². The Balaban J connectivity index is 1.74. The number of thiophene rings is 1. The maximum atomic E-state index is 12.6. The second kappa shape index (κ2) is 8.66.